The van der Waals surface area contributed by atoms with Gasteiger partial charge in [0.15, 0.2) is 0 Å². The Bertz CT molecular complexity index is 393. The smallest absolute Gasteiger partial charge is 0.338 e. The zero-order valence-electron chi connectivity index (χ0n) is 8.64. The summed E-state index contributed by atoms with van der Waals surface area (Å²) >= 11 is 0. The SMILES string of the molecule is NCCCNC(=O)c1ncccc1C(=O)O. The zero-order chi connectivity index (χ0) is 12.0. The Labute approximate surface area is 92.5 Å². The van der Waals surface area contributed by atoms with Gasteiger partial charge in [-0.1, -0.05) is 0 Å². The number of pyridine rings is 1. The first kappa shape index (κ1) is 12.1. The van der Waals surface area contributed by atoms with Crippen LogP contribution in [0, 0.1) is 0 Å². The fourth-order valence-corrected chi connectivity index (χ4v) is 1.15. The Hall–Kier alpha value is -1.95. The quantitative estimate of drug-likeness (QED) is 0.602. The maximum Gasteiger partial charge on any atom is 0.338 e. The molecule has 0 fully saturated rings. The number of aromatic nitrogens is 1. The third-order valence-corrected chi connectivity index (χ3v) is 1.92. The predicted octanol–water partition coefficient (Wildman–Crippen LogP) is -0.142. The maximum atomic E-state index is 11.6. The van der Waals surface area contributed by atoms with E-state index in [9.17, 15) is 9.59 Å². The van der Waals surface area contributed by atoms with E-state index in [1.807, 2.05) is 0 Å². The molecule has 4 N–H and O–H groups in total. The number of amides is 1. The molecule has 0 aliphatic carbocycles. The van der Waals surface area contributed by atoms with E-state index in [0.29, 0.717) is 19.5 Å². The van der Waals surface area contributed by atoms with Crippen LogP contribution >= 0.6 is 0 Å². The summed E-state index contributed by atoms with van der Waals surface area (Å²) in [5.41, 5.74) is 5.09. The number of carbonyl (C=O) groups excluding carboxylic acids is 1. The van der Waals surface area contributed by atoms with E-state index in [1.165, 1.54) is 18.3 Å². The zero-order valence-corrected chi connectivity index (χ0v) is 8.64. The van der Waals surface area contributed by atoms with Gasteiger partial charge in [0.05, 0.1) is 5.56 Å². The first-order valence-corrected chi connectivity index (χ1v) is 4.83. The largest absolute Gasteiger partial charge is 0.478 e. The summed E-state index contributed by atoms with van der Waals surface area (Å²) in [5.74, 6) is -1.66. The third-order valence-electron chi connectivity index (χ3n) is 1.92. The van der Waals surface area contributed by atoms with Gasteiger partial charge in [0.2, 0.25) is 0 Å². The molecule has 1 heterocycles. The first-order valence-electron chi connectivity index (χ1n) is 4.83. The highest BCUT2D eigenvalue weighted by Gasteiger charge is 2.16. The number of nitrogens with one attached hydrogen (secondary N) is 1. The van der Waals surface area contributed by atoms with Crippen molar-refractivity contribution in [2.24, 2.45) is 5.73 Å². The normalized spacial score (nSPS) is 9.81. The number of aromatic carboxylic acids is 1. The van der Waals surface area contributed by atoms with Gasteiger partial charge in [-0.3, -0.25) is 9.78 Å². The Morgan fingerprint density at radius 2 is 2.25 bits per heavy atom. The lowest BCUT2D eigenvalue weighted by Crippen LogP contribution is -2.28. The van der Waals surface area contributed by atoms with Gasteiger partial charge in [-0.05, 0) is 25.1 Å². The Morgan fingerprint density at radius 1 is 1.50 bits per heavy atom. The van der Waals surface area contributed by atoms with E-state index in [1.54, 1.807) is 0 Å². The topological polar surface area (TPSA) is 105 Å². The molecule has 6 nitrogen and oxygen atoms in total. The lowest BCUT2D eigenvalue weighted by Gasteiger charge is -2.05. The molecular weight excluding hydrogens is 210 g/mol. The molecule has 0 saturated heterocycles. The third kappa shape index (κ3) is 3.03. The van der Waals surface area contributed by atoms with Gasteiger partial charge in [0, 0.05) is 12.7 Å². The molecule has 0 aliphatic rings. The van der Waals surface area contributed by atoms with Crippen molar-refractivity contribution in [2.45, 2.75) is 6.42 Å². The van der Waals surface area contributed by atoms with Crippen molar-refractivity contribution < 1.29 is 14.7 Å². The van der Waals surface area contributed by atoms with Crippen LogP contribution in [0.2, 0.25) is 0 Å². The van der Waals surface area contributed by atoms with Crippen LogP contribution < -0.4 is 11.1 Å². The van der Waals surface area contributed by atoms with Crippen LogP contribution in [0.15, 0.2) is 18.3 Å². The van der Waals surface area contributed by atoms with Gasteiger partial charge in [0.25, 0.3) is 5.91 Å². The molecule has 0 spiro atoms. The number of carboxylic acids is 1. The molecule has 16 heavy (non-hydrogen) atoms. The average molecular weight is 223 g/mol. The molecule has 1 aromatic heterocycles. The lowest BCUT2D eigenvalue weighted by molar-refractivity contribution is 0.0690. The van der Waals surface area contributed by atoms with Crippen molar-refractivity contribution in [1.82, 2.24) is 10.3 Å². The highest BCUT2D eigenvalue weighted by molar-refractivity contribution is 6.03. The van der Waals surface area contributed by atoms with Crippen molar-refractivity contribution in [3.8, 4) is 0 Å². The van der Waals surface area contributed by atoms with E-state index < -0.39 is 11.9 Å². The van der Waals surface area contributed by atoms with Crippen LogP contribution in [0.4, 0.5) is 0 Å². The molecule has 1 rings (SSSR count). The number of rotatable bonds is 5. The molecular formula is C10H13N3O3. The van der Waals surface area contributed by atoms with E-state index in [4.69, 9.17) is 10.8 Å². The van der Waals surface area contributed by atoms with Crippen molar-refractivity contribution in [3.05, 3.63) is 29.6 Å². The molecule has 1 amide bonds. The number of nitrogens with two attached hydrogens (primary N) is 1. The second-order valence-electron chi connectivity index (χ2n) is 3.10. The summed E-state index contributed by atoms with van der Waals surface area (Å²) < 4.78 is 0. The molecule has 0 aliphatic heterocycles. The first-order chi connectivity index (χ1) is 7.66. The molecule has 86 valence electrons. The van der Waals surface area contributed by atoms with Gasteiger partial charge < -0.3 is 16.2 Å². The minimum absolute atomic E-state index is 0.0768. The van der Waals surface area contributed by atoms with Gasteiger partial charge in [-0.25, -0.2) is 4.79 Å². The van der Waals surface area contributed by atoms with Gasteiger partial charge >= 0.3 is 5.97 Å². The van der Waals surface area contributed by atoms with E-state index in [-0.39, 0.29) is 11.3 Å². The second-order valence-corrected chi connectivity index (χ2v) is 3.10. The lowest BCUT2D eigenvalue weighted by atomic mass is 10.2. The van der Waals surface area contributed by atoms with Crippen LogP contribution in [-0.2, 0) is 0 Å². The molecule has 1 aromatic rings. The molecule has 0 radical (unpaired) electrons. The molecule has 6 heteroatoms. The molecule has 0 bridgehead atoms. The summed E-state index contributed by atoms with van der Waals surface area (Å²) in [6, 6.07) is 2.81. The average Bonchev–Trinajstić information content (AvgIpc) is 2.29. The van der Waals surface area contributed by atoms with Crippen LogP contribution in [0.5, 0.6) is 0 Å². The van der Waals surface area contributed by atoms with Crippen molar-refractivity contribution >= 4 is 11.9 Å². The maximum absolute atomic E-state index is 11.6. The number of carboxylic acid groups (broad SMARTS) is 1. The molecule has 0 unspecified atom stereocenters. The summed E-state index contributed by atoms with van der Waals surface area (Å²) in [6.45, 7) is 0.874. The fourth-order valence-electron chi connectivity index (χ4n) is 1.15. The Morgan fingerprint density at radius 3 is 2.88 bits per heavy atom. The minimum Gasteiger partial charge on any atom is -0.478 e. The second kappa shape index (κ2) is 5.82. The minimum atomic E-state index is -1.17. The van der Waals surface area contributed by atoms with Gasteiger partial charge in [0.1, 0.15) is 5.69 Å². The number of carbonyl (C=O) groups is 2. The van der Waals surface area contributed by atoms with Crippen LogP contribution in [0.25, 0.3) is 0 Å². The summed E-state index contributed by atoms with van der Waals surface area (Å²) in [4.78, 5) is 26.1. The predicted molar refractivity (Wildman–Crippen MR) is 57.2 cm³/mol. The van der Waals surface area contributed by atoms with E-state index in [0.717, 1.165) is 0 Å². The Kier molecular flexibility index (Phi) is 4.41. The standard InChI is InChI=1S/C10H13N3O3/c11-4-2-6-13-9(14)8-7(10(15)16)3-1-5-12-8/h1,3,5H,2,4,6,11H2,(H,13,14)(H,15,16). The summed E-state index contributed by atoms with van der Waals surface area (Å²) in [6.07, 6.45) is 2.02. The number of hydrogen-bond acceptors (Lipinski definition) is 4. The molecule has 0 atom stereocenters. The van der Waals surface area contributed by atoms with Crippen molar-refractivity contribution in [1.29, 1.82) is 0 Å². The molecule has 0 saturated carbocycles. The summed E-state index contributed by atoms with van der Waals surface area (Å²) in [7, 11) is 0. The van der Waals surface area contributed by atoms with E-state index in [2.05, 4.69) is 10.3 Å². The Balaban J connectivity index is 2.78. The van der Waals surface area contributed by atoms with Crippen LogP contribution in [0.1, 0.15) is 27.3 Å². The number of hydrogen-bond donors (Lipinski definition) is 3. The highest BCUT2D eigenvalue weighted by atomic mass is 16.4. The van der Waals surface area contributed by atoms with E-state index >= 15 is 0 Å². The van der Waals surface area contributed by atoms with Crippen molar-refractivity contribution in [2.75, 3.05) is 13.1 Å². The van der Waals surface area contributed by atoms with Crippen LogP contribution in [-0.4, -0.2) is 35.1 Å². The highest BCUT2D eigenvalue weighted by Crippen LogP contribution is 2.04. The van der Waals surface area contributed by atoms with Gasteiger partial charge in [-0.2, -0.15) is 0 Å². The van der Waals surface area contributed by atoms with Gasteiger partial charge in [-0.15, -0.1) is 0 Å². The monoisotopic (exact) mass is 223 g/mol. The summed E-state index contributed by atoms with van der Waals surface area (Å²) in [5, 5.41) is 11.4. The number of nitrogens with zero attached hydrogens (tertiary/aromatic N) is 1. The molecule has 0 aromatic carbocycles. The van der Waals surface area contributed by atoms with Crippen molar-refractivity contribution in [3.63, 3.8) is 0 Å². The van der Waals surface area contributed by atoms with Crippen LogP contribution in [0.3, 0.4) is 0 Å². The fraction of sp³-hybridized carbons (Fsp3) is 0.300.